The average molecular weight is 279 g/mol. The lowest BCUT2D eigenvalue weighted by atomic mass is 10.2. The minimum absolute atomic E-state index is 0.0963. The van der Waals surface area contributed by atoms with E-state index >= 15 is 0 Å². The van der Waals surface area contributed by atoms with Gasteiger partial charge in [-0.05, 0) is 32.5 Å². The Morgan fingerprint density at radius 2 is 2.00 bits per heavy atom. The number of rotatable bonds is 5. The Kier molecular flexibility index (Phi) is 4.37. The Bertz CT molecular complexity index is 625. The normalized spacial score (nSPS) is 11.6. The van der Waals surface area contributed by atoms with Gasteiger partial charge in [-0.25, -0.2) is 4.98 Å². The first-order valence-corrected chi connectivity index (χ1v) is 7.57. The smallest absolute Gasteiger partial charge is 0.262 e. The standard InChI is InChI=1S/C14H21N3OS/c1-5-16(6-2)7-8-17-9-15-13-12(14(17)18)10(3)11(4)19-13/h9H,5-8H2,1-4H3. The van der Waals surface area contributed by atoms with Crippen LogP contribution in [0.25, 0.3) is 10.2 Å². The Balaban J connectivity index is 2.32. The van der Waals surface area contributed by atoms with Gasteiger partial charge in [-0.2, -0.15) is 0 Å². The van der Waals surface area contributed by atoms with Crippen molar-refractivity contribution in [1.82, 2.24) is 14.5 Å². The number of hydrogen-bond donors (Lipinski definition) is 0. The summed E-state index contributed by atoms with van der Waals surface area (Å²) in [5.74, 6) is 0. The summed E-state index contributed by atoms with van der Waals surface area (Å²) in [6.45, 7) is 11.9. The molecule has 4 nitrogen and oxygen atoms in total. The van der Waals surface area contributed by atoms with E-state index in [9.17, 15) is 4.79 Å². The van der Waals surface area contributed by atoms with E-state index in [0.717, 1.165) is 35.4 Å². The van der Waals surface area contributed by atoms with Crippen molar-refractivity contribution in [3.63, 3.8) is 0 Å². The minimum Gasteiger partial charge on any atom is -0.302 e. The van der Waals surface area contributed by atoms with Crippen LogP contribution < -0.4 is 5.56 Å². The maximum atomic E-state index is 12.5. The molecule has 2 aromatic rings. The molecule has 0 radical (unpaired) electrons. The zero-order valence-corrected chi connectivity index (χ0v) is 12.9. The van der Waals surface area contributed by atoms with Crippen LogP contribution >= 0.6 is 11.3 Å². The van der Waals surface area contributed by atoms with E-state index in [0.29, 0.717) is 6.54 Å². The van der Waals surface area contributed by atoms with Crippen LogP contribution in [0.2, 0.25) is 0 Å². The van der Waals surface area contributed by atoms with Crippen molar-refractivity contribution in [3.8, 4) is 0 Å². The molecule has 19 heavy (non-hydrogen) atoms. The van der Waals surface area contributed by atoms with Gasteiger partial charge in [-0.3, -0.25) is 9.36 Å². The summed E-state index contributed by atoms with van der Waals surface area (Å²) in [7, 11) is 0. The first-order chi connectivity index (χ1) is 9.08. The lowest BCUT2D eigenvalue weighted by Gasteiger charge is -2.18. The molecule has 0 aliphatic heterocycles. The van der Waals surface area contributed by atoms with E-state index < -0.39 is 0 Å². The van der Waals surface area contributed by atoms with Crippen molar-refractivity contribution in [2.24, 2.45) is 0 Å². The molecule has 0 spiro atoms. The van der Waals surface area contributed by atoms with E-state index in [1.54, 1.807) is 22.2 Å². The molecule has 0 aromatic carbocycles. The van der Waals surface area contributed by atoms with Crippen LogP contribution in [0.4, 0.5) is 0 Å². The second-order valence-electron chi connectivity index (χ2n) is 4.73. The molecule has 0 amide bonds. The number of aryl methyl sites for hydroxylation is 2. The number of thiophene rings is 1. The third kappa shape index (κ3) is 2.72. The van der Waals surface area contributed by atoms with E-state index in [1.807, 2.05) is 13.8 Å². The van der Waals surface area contributed by atoms with Gasteiger partial charge >= 0.3 is 0 Å². The van der Waals surface area contributed by atoms with Crippen LogP contribution in [0.1, 0.15) is 24.3 Å². The molecule has 0 N–H and O–H groups in total. The van der Waals surface area contributed by atoms with E-state index in [1.165, 1.54) is 4.88 Å². The third-order valence-corrected chi connectivity index (χ3v) is 4.82. The van der Waals surface area contributed by atoms with Crippen LogP contribution in [0.15, 0.2) is 11.1 Å². The van der Waals surface area contributed by atoms with Crippen molar-refractivity contribution in [2.75, 3.05) is 19.6 Å². The van der Waals surface area contributed by atoms with Crippen LogP contribution in [-0.2, 0) is 6.54 Å². The fourth-order valence-corrected chi connectivity index (χ4v) is 3.21. The summed E-state index contributed by atoms with van der Waals surface area (Å²) < 4.78 is 1.74. The van der Waals surface area contributed by atoms with E-state index in [4.69, 9.17) is 0 Å². The summed E-state index contributed by atoms with van der Waals surface area (Å²) in [5.41, 5.74) is 1.17. The maximum Gasteiger partial charge on any atom is 0.262 e. The van der Waals surface area contributed by atoms with Gasteiger partial charge in [0.05, 0.1) is 11.7 Å². The predicted molar refractivity (Wildman–Crippen MR) is 81.1 cm³/mol. The maximum absolute atomic E-state index is 12.5. The topological polar surface area (TPSA) is 38.1 Å². The molecule has 0 atom stereocenters. The van der Waals surface area contributed by atoms with Gasteiger partial charge in [0.15, 0.2) is 0 Å². The van der Waals surface area contributed by atoms with Crippen LogP contribution in [0.3, 0.4) is 0 Å². The van der Waals surface area contributed by atoms with Gasteiger partial charge < -0.3 is 4.90 Å². The highest BCUT2D eigenvalue weighted by atomic mass is 32.1. The predicted octanol–water partition coefficient (Wildman–Crippen LogP) is 2.42. The molecular weight excluding hydrogens is 258 g/mol. The molecule has 0 saturated carbocycles. The highest BCUT2D eigenvalue weighted by Crippen LogP contribution is 2.25. The van der Waals surface area contributed by atoms with Crippen molar-refractivity contribution in [1.29, 1.82) is 0 Å². The van der Waals surface area contributed by atoms with Crippen LogP contribution in [-0.4, -0.2) is 34.1 Å². The summed E-state index contributed by atoms with van der Waals surface area (Å²) in [6.07, 6.45) is 1.68. The number of aromatic nitrogens is 2. The monoisotopic (exact) mass is 279 g/mol. The van der Waals surface area contributed by atoms with Gasteiger partial charge in [0, 0.05) is 18.0 Å². The lowest BCUT2D eigenvalue weighted by Crippen LogP contribution is -2.31. The number of likely N-dealkylation sites (N-methyl/N-ethyl adjacent to an activating group) is 1. The summed E-state index contributed by atoms with van der Waals surface area (Å²) in [5, 5.41) is 0.796. The largest absolute Gasteiger partial charge is 0.302 e. The molecule has 2 rings (SSSR count). The van der Waals surface area contributed by atoms with Crippen molar-refractivity contribution >= 4 is 21.6 Å². The number of fused-ring (bicyclic) bond motifs is 1. The fourth-order valence-electron chi connectivity index (χ4n) is 2.22. The molecule has 0 unspecified atom stereocenters. The van der Waals surface area contributed by atoms with E-state index in [-0.39, 0.29) is 5.56 Å². The molecule has 0 fully saturated rings. The molecular formula is C14H21N3OS. The third-order valence-electron chi connectivity index (χ3n) is 3.71. The fraction of sp³-hybridized carbons (Fsp3) is 0.571. The molecule has 2 heterocycles. The van der Waals surface area contributed by atoms with Crippen molar-refractivity contribution in [3.05, 3.63) is 27.1 Å². The molecule has 104 valence electrons. The second kappa shape index (κ2) is 5.84. The van der Waals surface area contributed by atoms with Crippen molar-refractivity contribution < 1.29 is 0 Å². The summed E-state index contributed by atoms with van der Waals surface area (Å²) in [6, 6.07) is 0. The minimum atomic E-state index is 0.0963. The summed E-state index contributed by atoms with van der Waals surface area (Å²) >= 11 is 1.60. The van der Waals surface area contributed by atoms with Gasteiger partial charge in [0.25, 0.3) is 5.56 Å². The second-order valence-corrected chi connectivity index (χ2v) is 5.94. The van der Waals surface area contributed by atoms with Gasteiger partial charge in [0.1, 0.15) is 4.83 Å². The Morgan fingerprint density at radius 3 is 2.63 bits per heavy atom. The van der Waals surface area contributed by atoms with Crippen molar-refractivity contribution in [2.45, 2.75) is 34.2 Å². The first-order valence-electron chi connectivity index (χ1n) is 6.76. The zero-order valence-electron chi connectivity index (χ0n) is 12.1. The average Bonchev–Trinajstić information content (AvgIpc) is 2.69. The number of hydrogen-bond acceptors (Lipinski definition) is 4. The molecule has 2 aromatic heterocycles. The Morgan fingerprint density at radius 1 is 1.32 bits per heavy atom. The Hall–Kier alpha value is -1.20. The van der Waals surface area contributed by atoms with E-state index in [2.05, 4.69) is 23.7 Å². The Labute approximate surface area is 117 Å². The van der Waals surface area contributed by atoms with Gasteiger partial charge in [0.2, 0.25) is 0 Å². The molecule has 0 aliphatic rings. The van der Waals surface area contributed by atoms with Gasteiger partial charge in [-0.1, -0.05) is 13.8 Å². The molecule has 0 aliphatic carbocycles. The molecule has 5 heteroatoms. The van der Waals surface area contributed by atoms with Crippen LogP contribution in [0, 0.1) is 13.8 Å². The highest BCUT2D eigenvalue weighted by Gasteiger charge is 2.12. The van der Waals surface area contributed by atoms with Gasteiger partial charge in [-0.15, -0.1) is 11.3 Å². The molecule has 0 saturated heterocycles. The summed E-state index contributed by atoms with van der Waals surface area (Å²) in [4.78, 5) is 21.2. The van der Waals surface area contributed by atoms with Crippen LogP contribution in [0.5, 0.6) is 0 Å². The lowest BCUT2D eigenvalue weighted by molar-refractivity contribution is 0.289. The first kappa shape index (κ1) is 14.2. The number of nitrogens with zero attached hydrogens (tertiary/aromatic N) is 3. The quantitative estimate of drug-likeness (QED) is 0.843. The SMILES string of the molecule is CCN(CC)CCn1cnc2sc(C)c(C)c2c1=O. The zero-order chi connectivity index (χ0) is 14.0. The molecule has 0 bridgehead atoms. The highest BCUT2D eigenvalue weighted by molar-refractivity contribution is 7.18.